The Balaban J connectivity index is 1.44. The number of fused-ring (bicyclic) bond motifs is 2. The zero-order chi connectivity index (χ0) is 13.2. The Labute approximate surface area is 126 Å². The van der Waals surface area contributed by atoms with Crippen LogP contribution in [0.1, 0.15) is 37.0 Å². The smallest absolute Gasteiger partial charge is 0.220 e. The second-order valence-electron chi connectivity index (χ2n) is 5.66. The molecule has 19 heavy (non-hydrogen) atoms. The number of rotatable bonds is 4. The van der Waals surface area contributed by atoms with E-state index in [1.807, 2.05) is 6.07 Å². The van der Waals surface area contributed by atoms with E-state index in [9.17, 15) is 4.79 Å². The Bertz CT molecular complexity index is 450. The van der Waals surface area contributed by atoms with Crippen LogP contribution in [0.25, 0.3) is 0 Å². The van der Waals surface area contributed by atoms with Gasteiger partial charge in [-0.15, -0.1) is 11.3 Å². The highest BCUT2D eigenvalue weighted by Gasteiger charge is 2.34. The number of carbonyl (C=O) groups is 1. The molecule has 0 spiro atoms. The summed E-state index contributed by atoms with van der Waals surface area (Å²) >= 11 is 5.12. The first-order valence-electron chi connectivity index (χ1n) is 6.96. The third-order valence-corrected chi connectivity index (χ3v) is 5.76. The highest BCUT2D eigenvalue weighted by Crippen LogP contribution is 2.32. The summed E-state index contributed by atoms with van der Waals surface area (Å²) in [5.74, 6) is 0.782. The maximum absolute atomic E-state index is 12.0. The molecule has 0 aliphatic carbocycles. The minimum absolute atomic E-state index is 0.204. The molecule has 3 nitrogen and oxygen atoms in total. The van der Waals surface area contributed by atoms with Gasteiger partial charge in [0.2, 0.25) is 5.91 Å². The van der Waals surface area contributed by atoms with Crippen LogP contribution in [0.2, 0.25) is 0 Å². The number of hydrogen-bond acceptors (Lipinski definition) is 3. The molecule has 0 saturated carbocycles. The quantitative estimate of drug-likeness (QED) is 0.882. The molecule has 3 rings (SSSR count). The molecule has 2 unspecified atom stereocenters. The van der Waals surface area contributed by atoms with E-state index in [-0.39, 0.29) is 5.91 Å². The standard InChI is InChI=1S/C14H19BrN2OS/c15-13-4-3-12(19-13)8-16-14(18)7-9-5-10-1-2-11(6-9)17-10/h3-4,9-11,17H,1-2,5-8H2,(H,16,18). The fourth-order valence-corrected chi connectivity index (χ4v) is 4.73. The van der Waals surface area contributed by atoms with Crippen molar-refractivity contribution < 1.29 is 4.79 Å². The topological polar surface area (TPSA) is 41.1 Å². The molecule has 2 fully saturated rings. The minimum atomic E-state index is 0.204. The lowest BCUT2D eigenvalue weighted by Gasteiger charge is -2.28. The second kappa shape index (κ2) is 5.94. The molecule has 0 aromatic carbocycles. The molecule has 1 aromatic rings. The summed E-state index contributed by atoms with van der Waals surface area (Å²) in [6, 6.07) is 5.42. The molecule has 1 amide bonds. The van der Waals surface area contributed by atoms with Crippen molar-refractivity contribution in [3.63, 3.8) is 0 Å². The van der Waals surface area contributed by atoms with Gasteiger partial charge in [0.15, 0.2) is 0 Å². The van der Waals surface area contributed by atoms with Crippen LogP contribution in [-0.4, -0.2) is 18.0 Å². The molecule has 2 bridgehead atoms. The molecule has 2 N–H and O–H groups in total. The van der Waals surface area contributed by atoms with E-state index < -0.39 is 0 Å². The van der Waals surface area contributed by atoms with Crippen LogP contribution in [0.5, 0.6) is 0 Å². The largest absolute Gasteiger partial charge is 0.351 e. The van der Waals surface area contributed by atoms with Gasteiger partial charge in [0.1, 0.15) is 0 Å². The van der Waals surface area contributed by atoms with Crippen molar-refractivity contribution in [3.8, 4) is 0 Å². The third-order valence-electron chi connectivity index (χ3n) is 4.13. The number of piperidine rings is 1. The fourth-order valence-electron chi connectivity index (χ4n) is 3.31. The summed E-state index contributed by atoms with van der Waals surface area (Å²) in [5, 5.41) is 6.66. The van der Waals surface area contributed by atoms with Crippen LogP contribution in [0.4, 0.5) is 0 Å². The fraction of sp³-hybridized carbons (Fsp3) is 0.643. The molecule has 5 heteroatoms. The molecule has 2 saturated heterocycles. The average Bonchev–Trinajstić information content (AvgIpc) is 2.93. The van der Waals surface area contributed by atoms with Crippen molar-refractivity contribution in [2.24, 2.45) is 5.92 Å². The van der Waals surface area contributed by atoms with Gasteiger partial charge in [-0.2, -0.15) is 0 Å². The number of amides is 1. The Morgan fingerprint density at radius 1 is 1.37 bits per heavy atom. The predicted octanol–water partition coefficient (Wildman–Crippen LogP) is 3.05. The molecule has 2 aliphatic rings. The molecule has 2 aliphatic heterocycles. The van der Waals surface area contributed by atoms with Crippen molar-refractivity contribution in [1.29, 1.82) is 0 Å². The van der Waals surface area contributed by atoms with Crippen molar-refractivity contribution in [2.75, 3.05) is 0 Å². The van der Waals surface area contributed by atoms with E-state index in [2.05, 4.69) is 32.6 Å². The van der Waals surface area contributed by atoms with Gasteiger partial charge in [-0.3, -0.25) is 4.79 Å². The van der Waals surface area contributed by atoms with E-state index in [1.54, 1.807) is 11.3 Å². The molecule has 2 atom stereocenters. The molecular formula is C14H19BrN2OS. The highest BCUT2D eigenvalue weighted by molar-refractivity contribution is 9.11. The maximum atomic E-state index is 12.0. The van der Waals surface area contributed by atoms with E-state index >= 15 is 0 Å². The Kier molecular flexibility index (Phi) is 4.24. The Morgan fingerprint density at radius 2 is 2.11 bits per heavy atom. The summed E-state index contributed by atoms with van der Waals surface area (Å²) in [6.45, 7) is 0.660. The monoisotopic (exact) mass is 342 g/mol. The van der Waals surface area contributed by atoms with Gasteiger partial charge in [0.25, 0.3) is 0 Å². The van der Waals surface area contributed by atoms with Gasteiger partial charge in [-0.1, -0.05) is 0 Å². The van der Waals surface area contributed by atoms with E-state index in [0.717, 1.165) is 3.79 Å². The summed E-state index contributed by atoms with van der Waals surface area (Å²) in [4.78, 5) is 13.2. The first-order valence-corrected chi connectivity index (χ1v) is 8.57. The van der Waals surface area contributed by atoms with Crippen LogP contribution in [0.3, 0.4) is 0 Å². The molecule has 0 radical (unpaired) electrons. The molecular weight excluding hydrogens is 324 g/mol. The number of halogens is 1. The second-order valence-corrected chi connectivity index (χ2v) is 8.21. The summed E-state index contributed by atoms with van der Waals surface area (Å²) in [7, 11) is 0. The molecule has 104 valence electrons. The van der Waals surface area contributed by atoms with Gasteiger partial charge >= 0.3 is 0 Å². The lowest BCUT2D eigenvalue weighted by Crippen LogP contribution is -2.39. The van der Waals surface area contributed by atoms with Crippen molar-refractivity contribution >= 4 is 33.2 Å². The third kappa shape index (κ3) is 3.58. The Hall–Kier alpha value is -0.390. The zero-order valence-electron chi connectivity index (χ0n) is 10.8. The van der Waals surface area contributed by atoms with Crippen LogP contribution < -0.4 is 10.6 Å². The van der Waals surface area contributed by atoms with Crippen molar-refractivity contribution in [1.82, 2.24) is 10.6 Å². The normalized spacial score (nSPS) is 29.4. The van der Waals surface area contributed by atoms with Gasteiger partial charge in [-0.25, -0.2) is 0 Å². The summed E-state index contributed by atoms with van der Waals surface area (Å²) in [6.07, 6.45) is 5.64. The predicted molar refractivity (Wildman–Crippen MR) is 81.2 cm³/mol. The first kappa shape index (κ1) is 13.6. The van der Waals surface area contributed by atoms with Gasteiger partial charge in [-0.05, 0) is 59.7 Å². The molecule has 3 heterocycles. The summed E-state index contributed by atoms with van der Waals surface area (Å²) in [5.41, 5.74) is 0. The van der Waals surface area contributed by atoms with E-state index in [0.29, 0.717) is 31.0 Å². The number of nitrogens with one attached hydrogen (secondary N) is 2. The highest BCUT2D eigenvalue weighted by atomic mass is 79.9. The van der Waals surface area contributed by atoms with Crippen molar-refractivity contribution in [2.45, 2.75) is 50.7 Å². The van der Waals surface area contributed by atoms with Crippen molar-refractivity contribution in [3.05, 3.63) is 20.8 Å². The molecule has 1 aromatic heterocycles. The number of hydrogen-bond donors (Lipinski definition) is 2. The van der Waals surface area contributed by atoms with Crippen LogP contribution in [-0.2, 0) is 11.3 Å². The van der Waals surface area contributed by atoms with E-state index in [1.165, 1.54) is 30.6 Å². The first-order chi connectivity index (χ1) is 9.19. The lowest BCUT2D eigenvalue weighted by atomic mass is 9.89. The SMILES string of the molecule is O=C(CC1CC2CCC(C1)N2)NCc1ccc(Br)s1. The average molecular weight is 343 g/mol. The van der Waals surface area contributed by atoms with Gasteiger partial charge in [0.05, 0.1) is 10.3 Å². The number of carbonyl (C=O) groups excluding carboxylic acids is 1. The van der Waals surface area contributed by atoms with E-state index in [4.69, 9.17) is 0 Å². The zero-order valence-corrected chi connectivity index (χ0v) is 13.2. The van der Waals surface area contributed by atoms with Crippen LogP contribution in [0, 0.1) is 5.92 Å². The summed E-state index contributed by atoms with van der Waals surface area (Å²) < 4.78 is 1.12. The lowest BCUT2D eigenvalue weighted by molar-refractivity contribution is -0.122. The Morgan fingerprint density at radius 3 is 2.74 bits per heavy atom. The van der Waals surface area contributed by atoms with Gasteiger partial charge in [0, 0.05) is 23.4 Å². The van der Waals surface area contributed by atoms with Gasteiger partial charge < -0.3 is 10.6 Å². The minimum Gasteiger partial charge on any atom is -0.351 e. The van der Waals surface area contributed by atoms with Crippen LogP contribution >= 0.6 is 27.3 Å². The number of thiophene rings is 1. The van der Waals surface area contributed by atoms with Crippen LogP contribution in [0.15, 0.2) is 15.9 Å². The maximum Gasteiger partial charge on any atom is 0.220 e.